The van der Waals surface area contributed by atoms with E-state index in [1.165, 1.54) is 0 Å². The lowest BCUT2D eigenvalue weighted by molar-refractivity contribution is -0.139. The van der Waals surface area contributed by atoms with Gasteiger partial charge in [-0.05, 0) is 5.57 Å². The first-order valence-corrected chi connectivity index (χ1v) is 4.05. The van der Waals surface area contributed by atoms with Crippen molar-refractivity contribution >= 4 is 11.9 Å². The lowest BCUT2D eigenvalue weighted by atomic mass is 10.00. The van der Waals surface area contributed by atoms with Gasteiger partial charge in [0.15, 0.2) is 0 Å². The summed E-state index contributed by atoms with van der Waals surface area (Å²) in [6.07, 6.45) is 9.60. The molecule has 0 atom stereocenters. The van der Waals surface area contributed by atoms with Crippen molar-refractivity contribution in [1.29, 1.82) is 0 Å². The highest BCUT2D eigenvalue weighted by molar-refractivity contribution is 5.93. The zero-order valence-corrected chi connectivity index (χ0v) is 7.99. The van der Waals surface area contributed by atoms with Gasteiger partial charge >= 0.3 is 11.9 Å². The molecule has 4 heteroatoms. The molecule has 0 fully saturated rings. The van der Waals surface area contributed by atoms with Crippen LogP contribution >= 0.6 is 0 Å². The molecule has 0 aliphatic carbocycles. The fourth-order valence-electron chi connectivity index (χ4n) is 1.03. The van der Waals surface area contributed by atoms with Crippen LogP contribution in [0.1, 0.15) is 19.3 Å². The van der Waals surface area contributed by atoms with E-state index in [0.29, 0.717) is 5.57 Å². The molecule has 0 radical (unpaired) electrons. The Bertz CT molecular complexity index is 358. The maximum atomic E-state index is 10.8. The van der Waals surface area contributed by atoms with Crippen molar-refractivity contribution in [2.24, 2.45) is 0 Å². The molecular formula is C11H10O4. The lowest BCUT2D eigenvalue weighted by Crippen LogP contribution is -2.10. The molecule has 2 N–H and O–H groups in total. The van der Waals surface area contributed by atoms with Crippen molar-refractivity contribution in [2.45, 2.75) is 19.3 Å². The van der Waals surface area contributed by atoms with Crippen LogP contribution in [0.4, 0.5) is 0 Å². The van der Waals surface area contributed by atoms with E-state index in [2.05, 4.69) is 11.8 Å². The number of rotatable bonds is 5. The summed E-state index contributed by atoms with van der Waals surface area (Å²) in [7, 11) is 0. The third kappa shape index (κ3) is 4.54. The van der Waals surface area contributed by atoms with Crippen LogP contribution in [0, 0.1) is 24.7 Å². The van der Waals surface area contributed by atoms with Crippen LogP contribution in [-0.4, -0.2) is 22.2 Å². The monoisotopic (exact) mass is 206 g/mol. The summed E-state index contributed by atoms with van der Waals surface area (Å²) in [4.78, 5) is 21.2. The van der Waals surface area contributed by atoms with E-state index in [4.69, 9.17) is 23.1 Å². The van der Waals surface area contributed by atoms with Gasteiger partial charge in [0.1, 0.15) is 0 Å². The first-order chi connectivity index (χ1) is 7.02. The molecular weight excluding hydrogens is 196 g/mol. The zero-order chi connectivity index (χ0) is 11.8. The van der Waals surface area contributed by atoms with Crippen molar-refractivity contribution in [2.75, 3.05) is 0 Å². The van der Waals surface area contributed by atoms with Gasteiger partial charge in [-0.1, -0.05) is 0 Å². The van der Waals surface area contributed by atoms with E-state index in [1.807, 2.05) is 0 Å². The Labute approximate surface area is 87.6 Å². The zero-order valence-electron chi connectivity index (χ0n) is 7.99. The first-order valence-electron chi connectivity index (χ1n) is 4.05. The van der Waals surface area contributed by atoms with Gasteiger partial charge in [0.2, 0.25) is 0 Å². The topological polar surface area (TPSA) is 74.6 Å². The summed E-state index contributed by atoms with van der Waals surface area (Å²) >= 11 is 0. The van der Waals surface area contributed by atoms with E-state index in [0.717, 1.165) is 0 Å². The number of carboxylic acids is 2. The van der Waals surface area contributed by atoms with Crippen LogP contribution in [0.15, 0.2) is 11.1 Å². The van der Waals surface area contributed by atoms with E-state index < -0.39 is 18.4 Å². The van der Waals surface area contributed by atoms with Crippen molar-refractivity contribution in [1.82, 2.24) is 0 Å². The van der Waals surface area contributed by atoms with E-state index in [9.17, 15) is 9.59 Å². The highest BCUT2D eigenvalue weighted by Gasteiger charge is 2.16. The minimum absolute atomic E-state index is 0.0547. The Balaban J connectivity index is 5.17. The SMILES string of the molecule is C#CCC(CC#C)=C(CC(=O)O)C(=O)O. The number of carbonyl (C=O) groups is 2. The van der Waals surface area contributed by atoms with Crippen molar-refractivity contribution < 1.29 is 19.8 Å². The number of hydrogen-bond acceptors (Lipinski definition) is 2. The second-order valence-corrected chi connectivity index (χ2v) is 2.72. The predicted molar refractivity (Wildman–Crippen MR) is 53.8 cm³/mol. The molecule has 0 aromatic carbocycles. The standard InChI is InChI=1S/C11H10O4/c1-3-5-8(6-4-2)9(11(14)15)7-10(12)13/h1-2H,5-7H2,(H,12,13)(H,14,15). The quantitative estimate of drug-likeness (QED) is 0.517. The summed E-state index contributed by atoms with van der Waals surface area (Å²) in [6.45, 7) is 0. The van der Waals surface area contributed by atoms with Gasteiger partial charge in [0, 0.05) is 18.4 Å². The second kappa shape index (κ2) is 6.28. The highest BCUT2D eigenvalue weighted by Crippen LogP contribution is 2.16. The number of aliphatic carboxylic acids is 2. The molecule has 0 aliphatic heterocycles. The molecule has 0 saturated heterocycles. The minimum atomic E-state index is -1.29. The summed E-state index contributed by atoms with van der Waals surface area (Å²) in [5.41, 5.74) is 0.0771. The molecule has 0 bridgehead atoms. The summed E-state index contributed by atoms with van der Waals surface area (Å²) in [5.74, 6) is 1.99. The highest BCUT2D eigenvalue weighted by atomic mass is 16.4. The number of carboxylic acid groups (broad SMARTS) is 2. The van der Waals surface area contributed by atoms with Crippen LogP contribution in [0.5, 0.6) is 0 Å². The van der Waals surface area contributed by atoms with E-state index >= 15 is 0 Å². The molecule has 0 aromatic heterocycles. The van der Waals surface area contributed by atoms with Gasteiger partial charge in [-0.15, -0.1) is 24.7 Å². The Morgan fingerprint density at radius 3 is 1.80 bits per heavy atom. The Kier molecular flexibility index (Phi) is 5.36. The summed E-state index contributed by atoms with van der Waals surface area (Å²) in [5, 5.41) is 17.3. The average molecular weight is 206 g/mol. The molecule has 0 saturated carbocycles. The molecule has 15 heavy (non-hydrogen) atoms. The maximum Gasteiger partial charge on any atom is 0.332 e. The summed E-state index contributed by atoms with van der Waals surface area (Å²) in [6, 6.07) is 0. The Morgan fingerprint density at radius 1 is 1.07 bits per heavy atom. The minimum Gasteiger partial charge on any atom is -0.481 e. The van der Waals surface area contributed by atoms with Crippen LogP contribution in [0.25, 0.3) is 0 Å². The largest absolute Gasteiger partial charge is 0.481 e. The van der Waals surface area contributed by atoms with Crippen molar-refractivity contribution in [3.63, 3.8) is 0 Å². The van der Waals surface area contributed by atoms with Crippen molar-refractivity contribution in [3.8, 4) is 24.7 Å². The van der Waals surface area contributed by atoms with Crippen LogP contribution in [-0.2, 0) is 9.59 Å². The Hall–Kier alpha value is -2.20. The van der Waals surface area contributed by atoms with Crippen LogP contribution in [0.3, 0.4) is 0 Å². The Morgan fingerprint density at radius 2 is 1.53 bits per heavy atom. The van der Waals surface area contributed by atoms with Gasteiger partial charge in [-0.2, -0.15) is 0 Å². The number of hydrogen-bond donors (Lipinski definition) is 2. The smallest absolute Gasteiger partial charge is 0.332 e. The molecule has 0 rings (SSSR count). The summed E-state index contributed by atoms with van der Waals surface area (Å²) < 4.78 is 0. The first kappa shape index (κ1) is 12.8. The number of allylic oxidation sites excluding steroid dienone is 1. The normalized spacial score (nSPS) is 8.40. The van der Waals surface area contributed by atoms with Gasteiger partial charge in [0.05, 0.1) is 6.42 Å². The molecule has 0 unspecified atom stereocenters. The van der Waals surface area contributed by atoms with Crippen LogP contribution in [0.2, 0.25) is 0 Å². The molecule has 0 aromatic rings. The third-order valence-corrected chi connectivity index (χ3v) is 1.64. The fourth-order valence-corrected chi connectivity index (χ4v) is 1.03. The molecule has 0 spiro atoms. The number of terminal acetylenes is 2. The van der Waals surface area contributed by atoms with Gasteiger partial charge in [-0.3, -0.25) is 4.79 Å². The van der Waals surface area contributed by atoms with Gasteiger partial charge in [0.25, 0.3) is 0 Å². The van der Waals surface area contributed by atoms with Gasteiger partial charge < -0.3 is 10.2 Å². The van der Waals surface area contributed by atoms with Crippen LogP contribution < -0.4 is 0 Å². The molecule has 0 amide bonds. The van der Waals surface area contributed by atoms with E-state index in [1.54, 1.807) is 0 Å². The van der Waals surface area contributed by atoms with Crippen molar-refractivity contribution in [3.05, 3.63) is 11.1 Å². The third-order valence-electron chi connectivity index (χ3n) is 1.64. The predicted octanol–water partition coefficient (Wildman–Crippen LogP) is 0.889. The fraction of sp³-hybridized carbons (Fsp3) is 0.273. The molecule has 78 valence electrons. The maximum absolute atomic E-state index is 10.8. The lowest BCUT2D eigenvalue weighted by Gasteiger charge is -2.05. The second-order valence-electron chi connectivity index (χ2n) is 2.72. The molecule has 4 nitrogen and oxygen atoms in total. The van der Waals surface area contributed by atoms with Gasteiger partial charge in [-0.25, -0.2) is 4.79 Å². The molecule has 0 aliphatic rings. The van der Waals surface area contributed by atoms with E-state index in [-0.39, 0.29) is 18.4 Å². The molecule has 0 heterocycles. The average Bonchev–Trinajstić information content (AvgIpc) is 2.13.